The normalized spacial score (nSPS) is 13.9. The van der Waals surface area contributed by atoms with Crippen LogP contribution in [0.5, 0.6) is 0 Å². The number of benzene rings is 2. The predicted molar refractivity (Wildman–Crippen MR) is 126 cm³/mol. The van der Waals surface area contributed by atoms with Gasteiger partial charge in [-0.25, -0.2) is 18.6 Å². The quantitative estimate of drug-likeness (QED) is 0.353. The molecule has 36 heavy (non-hydrogen) atoms. The zero-order chi connectivity index (χ0) is 25.1. The topological polar surface area (TPSA) is 130 Å². The molecule has 1 aliphatic heterocycles. The maximum atomic E-state index is 15.1. The number of rotatable bonds is 4. The predicted octanol–water partition coefficient (Wildman–Crippen LogP) is 3.55. The summed E-state index contributed by atoms with van der Waals surface area (Å²) in [5.74, 6) is -3.28. The number of hydrogen-bond acceptors (Lipinski definition) is 5. The Kier molecular flexibility index (Phi) is 4.75. The van der Waals surface area contributed by atoms with E-state index in [0.717, 1.165) is 18.5 Å². The van der Waals surface area contributed by atoms with Crippen molar-refractivity contribution in [2.75, 3.05) is 6.54 Å². The Morgan fingerprint density at radius 1 is 1.17 bits per heavy atom. The number of halogens is 2. The molecule has 3 aromatic heterocycles. The van der Waals surface area contributed by atoms with Crippen LogP contribution in [0.25, 0.3) is 38.3 Å². The Morgan fingerprint density at radius 2 is 2.00 bits per heavy atom. The van der Waals surface area contributed by atoms with Crippen LogP contribution in [-0.2, 0) is 11.3 Å². The van der Waals surface area contributed by atoms with Crippen LogP contribution in [0.4, 0.5) is 8.78 Å². The first kappa shape index (κ1) is 21.7. The van der Waals surface area contributed by atoms with Gasteiger partial charge in [0.2, 0.25) is 0 Å². The van der Waals surface area contributed by atoms with Gasteiger partial charge < -0.3 is 24.4 Å². The van der Waals surface area contributed by atoms with Gasteiger partial charge in [-0.3, -0.25) is 9.59 Å². The summed E-state index contributed by atoms with van der Waals surface area (Å²) in [7, 11) is 0. The molecule has 0 fully saturated rings. The number of carboxylic acids is 1. The first-order chi connectivity index (χ1) is 17.3. The van der Waals surface area contributed by atoms with Crippen molar-refractivity contribution >= 4 is 50.2 Å². The number of fused-ring (bicyclic) bond motifs is 4. The summed E-state index contributed by atoms with van der Waals surface area (Å²) < 4.78 is 36.9. The van der Waals surface area contributed by atoms with Gasteiger partial charge in [-0.2, -0.15) is 0 Å². The molecule has 0 atom stereocenters. The van der Waals surface area contributed by atoms with Crippen molar-refractivity contribution in [2.45, 2.75) is 13.0 Å². The molecule has 4 heterocycles. The second kappa shape index (κ2) is 7.87. The zero-order valence-corrected chi connectivity index (χ0v) is 18.4. The van der Waals surface area contributed by atoms with Crippen molar-refractivity contribution in [3.8, 4) is 0 Å². The zero-order valence-electron chi connectivity index (χ0n) is 18.4. The lowest BCUT2D eigenvalue weighted by Gasteiger charge is -2.15. The largest absolute Gasteiger partial charge is 0.477 e. The summed E-state index contributed by atoms with van der Waals surface area (Å²) >= 11 is 0. The highest BCUT2D eigenvalue weighted by molar-refractivity contribution is 6.28. The van der Waals surface area contributed by atoms with Gasteiger partial charge in [-0.15, -0.1) is 0 Å². The van der Waals surface area contributed by atoms with Gasteiger partial charge in [0.05, 0.1) is 46.3 Å². The first-order valence-electron chi connectivity index (χ1n) is 10.9. The maximum absolute atomic E-state index is 15.1. The lowest BCUT2D eigenvalue weighted by molar-refractivity contribution is -0.115. The minimum Gasteiger partial charge on any atom is -0.477 e. The molecule has 9 nitrogen and oxygen atoms in total. The second-order valence-electron chi connectivity index (χ2n) is 8.39. The molecule has 6 rings (SSSR count). The standard InChI is InChI=1S/C25H16F2N4O5/c26-15-7-17-14(24(33)30-10-29-17)6-11(15)9-31-18-8-16(27)12-3-5-36-22(12)20(18)19(21(31)25(34)35)13-2-1-4-28-23(13)32/h2-3,5-8,10H,1,4,9H2,(H,28,32)(H,34,35)(H,29,30,33). The SMILES string of the molecule is O=C1NCCC=C1c1c(C(=O)O)n(Cc2cc3c(=O)[nH]cnc3cc2F)c2cc(F)c3ccoc3c12. The van der Waals surface area contributed by atoms with Crippen molar-refractivity contribution in [1.29, 1.82) is 0 Å². The number of hydrogen-bond donors (Lipinski definition) is 3. The molecule has 3 N–H and O–H groups in total. The van der Waals surface area contributed by atoms with E-state index in [9.17, 15) is 19.5 Å². The number of amides is 1. The number of carbonyl (C=O) groups excluding carboxylic acids is 1. The molecule has 0 saturated carbocycles. The van der Waals surface area contributed by atoms with Crippen LogP contribution >= 0.6 is 0 Å². The van der Waals surface area contributed by atoms with Crippen LogP contribution in [-0.4, -0.2) is 38.1 Å². The van der Waals surface area contributed by atoms with Crippen LogP contribution in [0.3, 0.4) is 0 Å². The molecule has 180 valence electrons. The van der Waals surface area contributed by atoms with E-state index in [-0.39, 0.29) is 61.7 Å². The fourth-order valence-corrected chi connectivity index (χ4v) is 4.79. The smallest absolute Gasteiger partial charge is 0.353 e. The van der Waals surface area contributed by atoms with Crippen molar-refractivity contribution < 1.29 is 27.9 Å². The molecule has 11 heteroatoms. The van der Waals surface area contributed by atoms with E-state index < -0.39 is 29.1 Å². The van der Waals surface area contributed by atoms with E-state index >= 15 is 8.78 Å². The summed E-state index contributed by atoms with van der Waals surface area (Å²) in [6.45, 7) is 0.0217. The Bertz CT molecular complexity index is 1850. The number of aromatic nitrogens is 3. The highest BCUT2D eigenvalue weighted by atomic mass is 19.1. The van der Waals surface area contributed by atoms with Gasteiger partial charge in [-0.05, 0) is 24.6 Å². The number of carboxylic acid groups (broad SMARTS) is 1. The van der Waals surface area contributed by atoms with E-state index in [1.54, 1.807) is 6.08 Å². The fourth-order valence-electron chi connectivity index (χ4n) is 4.79. The highest BCUT2D eigenvalue weighted by Gasteiger charge is 2.32. The number of nitrogens with one attached hydrogen (secondary N) is 2. The van der Waals surface area contributed by atoms with Gasteiger partial charge >= 0.3 is 5.97 Å². The molecule has 0 bridgehead atoms. The van der Waals surface area contributed by atoms with E-state index in [2.05, 4.69) is 15.3 Å². The molecule has 0 unspecified atom stereocenters. The molecule has 0 radical (unpaired) electrons. The van der Waals surface area contributed by atoms with Crippen molar-refractivity contribution in [2.24, 2.45) is 0 Å². The summed E-state index contributed by atoms with van der Waals surface area (Å²) in [5.41, 5.74) is -0.401. The summed E-state index contributed by atoms with van der Waals surface area (Å²) in [6, 6.07) is 4.90. The van der Waals surface area contributed by atoms with E-state index in [0.29, 0.717) is 13.0 Å². The van der Waals surface area contributed by atoms with Gasteiger partial charge in [0.1, 0.15) is 22.9 Å². The third-order valence-electron chi connectivity index (χ3n) is 6.35. The molecule has 0 spiro atoms. The second-order valence-corrected chi connectivity index (χ2v) is 8.39. The van der Waals surface area contributed by atoms with E-state index in [1.165, 1.54) is 23.0 Å². The highest BCUT2D eigenvalue weighted by Crippen LogP contribution is 2.40. The minimum absolute atomic E-state index is 0.0195. The lowest BCUT2D eigenvalue weighted by atomic mass is 9.97. The van der Waals surface area contributed by atoms with E-state index in [1.807, 2.05) is 0 Å². The molecular formula is C25H16F2N4O5. The Balaban J connectivity index is 1.71. The monoisotopic (exact) mass is 490 g/mol. The minimum atomic E-state index is -1.40. The number of carbonyl (C=O) groups is 2. The van der Waals surface area contributed by atoms with Gasteiger partial charge in [-0.1, -0.05) is 6.08 Å². The number of nitrogens with zero attached hydrogens (tertiary/aromatic N) is 2. The summed E-state index contributed by atoms with van der Waals surface area (Å²) in [4.78, 5) is 44.0. The summed E-state index contributed by atoms with van der Waals surface area (Å²) in [5, 5.41) is 13.4. The number of H-pyrrole nitrogens is 1. The first-order valence-corrected chi connectivity index (χ1v) is 10.9. The molecule has 1 aliphatic rings. The third kappa shape index (κ3) is 3.13. The average Bonchev–Trinajstić information content (AvgIpc) is 3.44. The Hall–Kier alpha value is -4.80. The summed E-state index contributed by atoms with van der Waals surface area (Å²) in [6.07, 6.45) is 4.50. The molecule has 5 aromatic rings. The fraction of sp³-hybridized carbons (Fsp3) is 0.120. The van der Waals surface area contributed by atoms with Crippen LogP contribution in [0.2, 0.25) is 0 Å². The molecule has 1 amide bonds. The molecule has 0 aliphatic carbocycles. The van der Waals surface area contributed by atoms with Crippen molar-refractivity contribution in [3.63, 3.8) is 0 Å². The van der Waals surface area contributed by atoms with Crippen LogP contribution in [0, 0.1) is 11.6 Å². The van der Waals surface area contributed by atoms with Crippen LogP contribution < -0.4 is 10.9 Å². The lowest BCUT2D eigenvalue weighted by Crippen LogP contribution is -2.29. The molecule has 2 aromatic carbocycles. The number of aromatic carboxylic acids is 1. The van der Waals surface area contributed by atoms with Gasteiger partial charge in [0.15, 0.2) is 0 Å². The van der Waals surface area contributed by atoms with Gasteiger partial charge in [0.25, 0.3) is 11.5 Å². The Labute approximate surface area is 199 Å². The number of furan rings is 1. The Morgan fingerprint density at radius 3 is 2.78 bits per heavy atom. The number of aromatic amines is 1. The molecular weight excluding hydrogens is 474 g/mol. The van der Waals surface area contributed by atoms with E-state index in [4.69, 9.17) is 4.42 Å². The van der Waals surface area contributed by atoms with Crippen molar-refractivity contribution in [1.82, 2.24) is 19.9 Å². The maximum Gasteiger partial charge on any atom is 0.353 e. The molecule has 0 saturated heterocycles. The van der Waals surface area contributed by atoms with Crippen LogP contribution in [0.15, 0.2) is 52.1 Å². The van der Waals surface area contributed by atoms with Gasteiger partial charge in [0, 0.05) is 29.3 Å². The average molecular weight is 490 g/mol. The van der Waals surface area contributed by atoms with Crippen molar-refractivity contribution in [3.05, 3.63) is 81.7 Å². The van der Waals surface area contributed by atoms with Crippen LogP contribution in [0.1, 0.15) is 28.0 Å². The third-order valence-corrected chi connectivity index (χ3v) is 6.35.